The van der Waals surface area contributed by atoms with Crippen molar-refractivity contribution < 1.29 is 23.7 Å². The zero-order chi connectivity index (χ0) is 26.6. The molecule has 0 saturated heterocycles. The molecule has 1 aromatic carbocycles. The molecule has 12 heteroatoms. The third-order valence-corrected chi connectivity index (χ3v) is 5.73. The zero-order valence-corrected chi connectivity index (χ0v) is 22.9. The Bertz CT molecular complexity index is 1140. The van der Waals surface area contributed by atoms with Gasteiger partial charge in [-0.2, -0.15) is 5.10 Å². The second-order valence-corrected chi connectivity index (χ2v) is 8.42. The lowest BCUT2D eigenvalue weighted by Crippen LogP contribution is -2.27. The SMILES string of the molecule is CCOCCNc1nc(SC)nc2c1cnn2CCNC(=O)c1cc(OCC)c(OCC)c(OCC)c1. The largest absolute Gasteiger partial charge is 0.490 e. The monoisotopic (exact) mass is 532 g/mol. The van der Waals surface area contributed by atoms with Gasteiger partial charge in [-0.25, -0.2) is 14.6 Å². The second-order valence-electron chi connectivity index (χ2n) is 7.64. The summed E-state index contributed by atoms with van der Waals surface area (Å²) < 4.78 is 24.3. The fraction of sp³-hybridized carbons (Fsp3) is 0.520. The first kappa shape index (κ1) is 28.3. The molecule has 0 fully saturated rings. The molecule has 0 aliphatic heterocycles. The van der Waals surface area contributed by atoms with Gasteiger partial charge in [0.2, 0.25) is 5.75 Å². The normalized spacial score (nSPS) is 10.9. The number of amides is 1. The van der Waals surface area contributed by atoms with E-state index in [9.17, 15) is 4.79 Å². The molecular weight excluding hydrogens is 496 g/mol. The van der Waals surface area contributed by atoms with Gasteiger partial charge in [0.05, 0.1) is 44.6 Å². The van der Waals surface area contributed by atoms with E-state index in [-0.39, 0.29) is 5.91 Å². The van der Waals surface area contributed by atoms with E-state index in [0.717, 1.165) is 5.39 Å². The Morgan fingerprint density at radius 1 is 0.973 bits per heavy atom. The predicted molar refractivity (Wildman–Crippen MR) is 144 cm³/mol. The highest BCUT2D eigenvalue weighted by Crippen LogP contribution is 2.39. The first-order chi connectivity index (χ1) is 18.1. The Balaban J connectivity index is 1.73. The van der Waals surface area contributed by atoms with Gasteiger partial charge in [0.15, 0.2) is 22.3 Å². The minimum absolute atomic E-state index is 0.251. The van der Waals surface area contributed by atoms with Crippen LogP contribution >= 0.6 is 11.8 Å². The van der Waals surface area contributed by atoms with Gasteiger partial charge in [-0.05, 0) is 46.1 Å². The van der Waals surface area contributed by atoms with Crippen molar-refractivity contribution in [3.63, 3.8) is 0 Å². The molecule has 11 nitrogen and oxygen atoms in total. The minimum Gasteiger partial charge on any atom is -0.490 e. The van der Waals surface area contributed by atoms with Crippen molar-refractivity contribution in [3.05, 3.63) is 23.9 Å². The number of hydrogen-bond acceptors (Lipinski definition) is 10. The molecule has 0 unspecified atom stereocenters. The van der Waals surface area contributed by atoms with Crippen molar-refractivity contribution in [3.8, 4) is 17.2 Å². The molecule has 37 heavy (non-hydrogen) atoms. The molecule has 2 heterocycles. The van der Waals surface area contributed by atoms with E-state index in [1.807, 2.05) is 34.0 Å². The number of aromatic nitrogens is 4. The van der Waals surface area contributed by atoms with Crippen molar-refractivity contribution in [2.24, 2.45) is 0 Å². The van der Waals surface area contributed by atoms with E-state index in [2.05, 4.69) is 25.7 Å². The van der Waals surface area contributed by atoms with Crippen LogP contribution in [0.1, 0.15) is 38.1 Å². The third kappa shape index (κ3) is 7.39. The maximum atomic E-state index is 13.0. The lowest BCUT2D eigenvalue weighted by molar-refractivity contribution is 0.0951. The summed E-state index contributed by atoms with van der Waals surface area (Å²) in [6.45, 7) is 11.6. The zero-order valence-electron chi connectivity index (χ0n) is 22.1. The summed E-state index contributed by atoms with van der Waals surface area (Å²) in [5.74, 6) is 1.92. The predicted octanol–water partition coefficient (Wildman–Crippen LogP) is 3.62. The number of nitrogens with one attached hydrogen (secondary N) is 2. The number of ether oxygens (including phenoxy) is 4. The molecule has 2 aromatic heterocycles. The van der Waals surface area contributed by atoms with Crippen LogP contribution < -0.4 is 24.8 Å². The van der Waals surface area contributed by atoms with Crippen molar-refractivity contribution in [2.45, 2.75) is 39.4 Å². The summed E-state index contributed by atoms with van der Waals surface area (Å²) in [6.07, 6.45) is 3.66. The molecule has 0 aliphatic carbocycles. The van der Waals surface area contributed by atoms with Crippen LogP contribution in [0.4, 0.5) is 5.82 Å². The van der Waals surface area contributed by atoms with Gasteiger partial charge in [-0.15, -0.1) is 0 Å². The van der Waals surface area contributed by atoms with E-state index in [4.69, 9.17) is 18.9 Å². The van der Waals surface area contributed by atoms with E-state index in [1.165, 1.54) is 11.8 Å². The molecule has 1 amide bonds. The van der Waals surface area contributed by atoms with Crippen molar-refractivity contribution >= 4 is 34.5 Å². The van der Waals surface area contributed by atoms with Crippen LogP contribution in [0.25, 0.3) is 11.0 Å². The van der Waals surface area contributed by atoms with Crippen LogP contribution in [0.2, 0.25) is 0 Å². The summed E-state index contributed by atoms with van der Waals surface area (Å²) in [6, 6.07) is 3.35. The highest BCUT2D eigenvalue weighted by Gasteiger charge is 2.19. The van der Waals surface area contributed by atoms with Crippen molar-refractivity contribution in [1.82, 2.24) is 25.1 Å². The fourth-order valence-corrected chi connectivity index (χ4v) is 3.97. The maximum Gasteiger partial charge on any atom is 0.251 e. The number of rotatable bonds is 16. The number of fused-ring (bicyclic) bond motifs is 1. The third-order valence-electron chi connectivity index (χ3n) is 5.18. The van der Waals surface area contributed by atoms with Crippen LogP contribution in [0.15, 0.2) is 23.5 Å². The average molecular weight is 533 g/mol. The van der Waals surface area contributed by atoms with Gasteiger partial charge in [0.1, 0.15) is 5.82 Å². The lowest BCUT2D eigenvalue weighted by Gasteiger charge is -2.17. The van der Waals surface area contributed by atoms with E-state index in [0.29, 0.717) is 92.1 Å². The Morgan fingerprint density at radius 2 is 1.68 bits per heavy atom. The Morgan fingerprint density at radius 3 is 2.30 bits per heavy atom. The average Bonchev–Trinajstić information content (AvgIpc) is 3.31. The highest BCUT2D eigenvalue weighted by atomic mass is 32.2. The Labute approximate surface area is 221 Å². The first-order valence-corrected chi connectivity index (χ1v) is 13.7. The molecule has 202 valence electrons. The molecule has 0 aliphatic rings. The molecule has 0 saturated carbocycles. The summed E-state index contributed by atoms with van der Waals surface area (Å²) in [5, 5.41) is 12.2. The van der Waals surface area contributed by atoms with E-state index >= 15 is 0 Å². The standard InChI is InChI=1S/C25H36N6O5S/c1-6-33-13-11-26-22-18-16-28-31(23(18)30-25(29-22)37-5)12-10-27-24(32)17-14-19(34-7-2)21(36-9-4)20(15-17)35-8-3/h14-16H,6-13H2,1-5H3,(H,27,32)(H,26,29,30). The number of carbonyl (C=O) groups is 1. The van der Waals surface area contributed by atoms with Crippen LogP contribution in [0.3, 0.4) is 0 Å². The lowest BCUT2D eigenvalue weighted by atomic mass is 10.1. The summed E-state index contributed by atoms with van der Waals surface area (Å²) in [7, 11) is 0. The summed E-state index contributed by atoms with van der Waals surface area (Å²) in [5.41, 5.74) is 1.12. The maximum absolute atomic E-state index is 13.0. The quantitative estimate of drug-likeness (QED) is 0.161. The van der Waals surface area contributed by atoms with E-state index < -0.39 is 0 Å². The van der Waals surface area contributed by atoms with Gasteiger partial charge >= 0.3 is 0 Å². The van der Waals surface area contributed by atoms with Crippen LogP contribution in [0, 0.1) is 0 Å². The topological polar surface area (TPSA) is 122 Å². The highest BCUT2D eigenvalue weighted by molar-refractivity contribution is 7.98. The number of thioether (sulfide) groups is 1. The molecule has 0 radical (unpaired) electrons. The van der Waals surface area contributed by atoms with Gasteiger partial charge in [0.25, 0.3) is 5.91 Å². The molecule has 0 spiro atoms. The second kappa shape index (κ2) is 14.5. The number of benzene rings is 1. The summed E-state index contributed by atoms with van der Waals surface area (Å²) in [4.78, 5) is 22.2. The first-order valence-electron chi connectivity index (χ1n) is 12.5. The van der Waals surface area contributed by atoms with E-state index in [1.54, 1.807) is 23.0 Å². The number of hydrogen-bond donors (Lipinski definition) is 2. The number of anilines is 1. The fourth-order valence-electron chi connectivity index (χ4n) is 3.61. The van der Waals surface area contributed by atoms with Crippen molar-refractivity contribution in [2.75, 3.05) is 57.7 Å². The molecule has 0 atom stereocenters. The van der Waals surface area contributed by atoms with Gasteiger partial charge in [0, 0.05) is 25.3 Å². The molecular formula is C25H36N6O5S. The van der Waals surface area contributed by atoms with Crippen LogP contribution in [0.5, 0.6) is 17.2 Å². The minimum atomic E-state index is -0.251. The summed E-state index contributed by atoms with van der Waals surface area (Å²) >= 11 is 1.46. The van der Waals surface area contributed by atoms with Crippen molar-refractivity contribution in [1.29, 1.82) is 0 Å². The Hall–Kier alpha value is -3.25. The van der Waals surface area contributed by atoms with Gasteiger partial charge < -0.3 is 29.6 Å². The molecule has 3 aromatic rings. The molecule has 2 N–H and O–H groups in total. The van der Waals surface area contributed by atoms with Gasteiger partial charge in [-0.1, -0.05) is 11.8 Å². The molecule has 3 rings (SSSR count). The Kier molecular flexibility index (Phi) is 11.1. The number of carbonyl (C=O) groups excluding carboxylic acids is 1. The van der Waals surface area contributed by atoms with Gasteiger partial charge in [-0.3, -0.25) is 4.79 Å². The van der Waals surface area contributed by atoms with Crippen LogP contribution in [-0.2, 0) is 11.3 Å². The number of nitrogens with zero attached hydrogens (tertiary/aromatic N) is 4. The van der Waals surface area contributed by atoms with Crippen LogP contribution in [-0.4, -0.2) is 78.0 Å². The molecule has 0 bridgehead atoms. The smallest absolute Gasteiger partial charge is 0.251 e.